The Morgan fingerprint density at radius 3 is 2.69 bits per heavy atom. The molecule has 0 aliphatic carbocycles. The van der Waals surface area contributed by atoms with Crippen molar-refractivity contribution >= 4 is 41.5 Å². The van der Waals surface area contributed by atoms with Gasteiger partial charge in [0.1, 0.15) is 6.54 Å². The molecule has 7 heteroatoms. The Morgan fingerprint density at radius 2 is 2.00 bits per heavy atom. The summed E-state index contributed by atoms with van der Waals surface area (Å²) in [4.78, 5) is 16.4. The lowest BCUT2D eigenvalue weighted by atomic mass is 10.2. The van der Waals surface area contributed by atoms with E-state index in [0.717, 1.165) is 18.7 Å². The summed E-state index contributed by atoms with van der Waals surface area (Å²) in [6.07, 6.45) is 9.37. The molecule has 1 amide bonds. The maximum Gasteiger partial charge on any atom is 0.246 e. The number of hydrogen-bond acceptors (Lipinski definition) is 2. The molecular weight excluding hydrogens is 441 g/mol. The maximum atomic E-state index is 12.1. The predicted molar refractivity (Wildman–Crippen MR) is 117 cm³/mol. The van der Waals surface area contributed by atoms with Crippen molar-refractivity contribution in [2.75, 3.05) is 25.0 Å². The van der Waals surface area contributed by atoms with Gasteiger partial charge < -0.3 is 20.5 Å². The average Bonchev–Trinajstić information content (AvgIpc) is 3.13. The first kappa shape index (κ1) is 21.6. The minimum Gasteiger partial charge on any atom is -0.357 e. The van der Waals surface area contributed by atoms with Gasteiger partial charge in [-0.3, -0.25) is 4.79 Å². The highest BCUT2D eigenvalue weighted by Crippen LogP contribution is 2.09. The van der Waals surface area contributed by atoms with E-state index in [0.29, 0.717) is 18.2 Å². The Balaban J connectivity index is 0.00000338. The van der Waals surface area contributed by atoms with E-state index in [1.165, 1.54) is 0 Å². The molecule has 0 spiro atoms. The summed E-state index contributed by atoms with van der Waals surface area (Å²) in [6, 6.07) is 11.1. The van der Waals surface area contributed by atoms with Crippen LogP contribution in [0.1, 0.15) is 12.5 Å². The molecular formula is C19H24IN5O. The molecule has 0 fully saturated rings. The highest BCUT2D eigenvalue weighted by molar-refractivity contribution is 14.0. The molecule has 138 valence electrons. The van der Waals surface area contributed by atoms with Crippen molar-refractivity contribution in [3.63, 3.8) is 0 Å². The van der Waals surface area contributed by atoms with Gasteiger partial charge in [0.05, 0.1) is 0 Å². The largest absolute Gasteiger partial charge is 0.357 e. The monoisotopic (exact) mass is 465 g/mol. The van der Waals surface area contributed by atoms with Gasteiger partial charge in [-0.2, -0.15) is 0 Å². The van der Waals surface area contributed by atoms with Gasteiger partial charge in [-0.1, -0.05) is 12.0 Å². The first-order chi connectivity index (χ1) is 12.2. The van der Waals surface area contributed by atoms with Crippen LogP contribution in [0.25, 0.3) is 0 Å². The summed E-state index contributed by atoms with van der Waals surface area (Å²) in [5.41, 5.74) is 1.39. The molecule has 0 aliphatic heterocycles. The van der Waals surface area contributed by atoms with Crippen LogP contribution in [0.2, 0.25) is 0 Å². The molecule has 1 aromatic heterocycles. The second kappa shape index (κ2) is 12.0. The molecule has 0 saturated heterocycles. The van der Waals surface area contributed by atoms with Crippen molar-refractivity contribution in [2.24, 2.45) is 4.99 Å². The van der Waals surface area contributed by atoms with E-state index in [9.17, 15) is 4.79 Å². The fraction of sp³-hybridized carbons (Fsp3) is 0.263. The number of nitrogens with zero attached hydrogens (tertiary/aromatic N) is 2. The molecule has 0 saturated carbocycles. The van der Waals surface area contributed by atoms with E-state index in [1.807, 2.05) is 37.5 Å². The lowest BCUT2D eigenvalue weighted by Crippen LogP contribution is -2.39. The third kappa shape index (κ3) is 7.61. The maximum absolute atomic E-state index is 12.1. The van der Waals surface area contributed by atoms with Gasteiger partial charge in [0.15, 0.2) is 5.96 Å². The van der Waals surface area contributed by atoms with Crippen LogP contribution in [-0.2, 0) is 11.3 Å². The first-order valence-corrected chi connectivity index (χ1v) is 8.20. The Kier molecular flexibility index (Phi) is 9.94. The number of amides is 1. The second-order valence-corrected chi connectivity index (χ2v) is 5.32. The van der Waals surface area contributed by atoms with Crippen molar-refractivity contribution in [3.8, 4) is 12.3 Å². The highest BCUT2D eigenvalue weighted by Gasteiger charge is 2.03. The molecule has 0 radical (unpaired) electrons. The number of halogens is 1. The van der Waals surface area contributed by atoms with Gasteiger partial charge in [-0.15, -0.1) is 30.4 Å². The fourth-order valence-corrected chi connectivity index (χ4v) is 2.20. The summed E-state index contributed by atoms with van der Waals surface area (Å²) in [7, 11) is 0. The number of aliphatic imine (C=N–C) groups is 1. The van der Waals surface area contributed by atoms with Crippen molar-refractivity contribution in [1.29, 1.82) is 0 Å². The Hall–Kier alpha value is -2.47. The van der Waals surface area contributed by atoms with E-state index in [2.05, 4.69) is 31.4 Å². The third-order valence-electron chi connectivity index (χ3n) is 3.37. The number of rotatable bonds is 7. The van der Waals surface area contributed by atoms with Crippen LogP contribution in [-0.4, -0.2) is 36.1 Å². The highest BCUT2D eigenvalue weighted by atomic mass is 127. The molecule has 0 bridgehead atoms. The smallest absolute Gasteiger partial charge is 0.246 e. The molecule has 0 atom stereocenters. The SMILES string of the molecule is C#Cc1cccc(NC(=O)CN=C(NCC)NCCn2cccc2)c1.I. The molecule has 26 heavy (non-hydrogen) atoms. The van der Waals surface area contributed by atoms with Gasteiger partial charge in [0.2, 0.25) is 5.91 Å². The Morgan fingerprint density at radius 1 is 1.23 bits per heavy atom. The van der Waals surface area contributed by atoms with Gasteiger partial charge in [-0.25, -0.2) is 4.99 Å². The van der Waals surface area contributed by atoms with Crippen molar-refractivity contribution < 1.29 is 4.79 Å². The summed E-state index contributed by atoms with van der Waals surface area (Å²) >= 11 is 0. The number of hydrogen-bond donors (Lipinski definition) is 3. The molecule has 0 unspecified atom stereocenters. The molecule has 3 N–H and O–H groups in total. The van der Waals surface area contributed by atoms with Crippen LogP contribution in [0.5, 0.6) is 0 Å². The van der Waals surface area contributed by atoms with Crippen LogP contribution in [0.15, 0.2) is 53.8 Å². The van der Waals surface area contributed by atoms with Crippen LogP contribution < -0.4 is 16.0 Å². The molecule has 1 heterocycles. The summed E-state index contributed by atoms with van der Waals surface area (Å²) in [5, 5.41) is 9.12. The van der Waals surface area contributed by atoms with Gasteiger partial charge in [0, 0.05) is 43.3 Å². The third-order valence-corrected chi connectivity index (χ3v) is 3.37. The molecule has 0 aliphatic rings. The number of carbonyl (C=O) groups is 1. The lowest BCUT2D eigenvalue weighted by molar-refractivity contribution is -0.114. The Labute approximate surface area is 171 Å². The fourth-order valence-electron chi connectivity index (χ4n) is 2.20. The quantitative estimate of drug-likeness (QED) is 0.255. The summed E-state index contributed by atoms with van der Waals surface area (Å²) in [6.45, 7) is 4.27. The number of anilines is 1. The van der Waals surface area contributed by atoms with E-state index < -0.39 is 0 Å². The molecule has 2 rings (SSSR count). The minimum absolute atomic E-state index is 0. The van der Waals surface area contributed by atoms with Crippen LogP contribution in [0.3, 0.4) is 0 Å². The number of carbonyl (C=O) groups excluding carboxylic acids is 1. The first-order valence-electron chi connectivity index (χ1n) is 8.20. The standard InChI is InChI=1S/C19H23N5O.HI/c1-3-16-8-7-9-17(14-16)23-18(25)15-22-19(20-4-2)21-10-13-24-11-5-6-12-24;/h1,5-9,11-12,14H,4,10,13,15H2,2H3,(H,23,25)(H2,20,21,22);1H. The van der Waals surface area contributed by atoms with E-state index >= 15 is 0 Å². The number of guanidine groups is 1. The van der Waals surface area contributed by atoms with Gasteiger partial charge >= 0.3 is 0 Å². The minimum atomic E-state index is -0.197. The number of aromatic nitrogens is 1. The average molecular weight is 465 g/mol. The zero-order chi connectivity index (χ0) is 17.9. The van der Waals surface area contributed by atoms with Crippen molar-refractivity contribution in [2.45, 2.75) is 13.5 Å². The van der Waals surface area contributed by atoms with Crippen molar-refractivity contribution in [1.82, 2.24) is 15.2 Å². The zero-order valence-electron chi connectivity index (χ0n) is 14.7. The van der Waals surface area contributed by atoms with Crippen molar-refractivity contribution in [3.05, 3.63) is 54.4 Å². The molecule has 1 aromatic carbocycles. The van der Waals surface area contributed by atoms with Gasteiger partial charge in [-0.05, 0) is 37.3 Å². The van der Waals surface area contributed by atoms with Gasteiger partial charge in [0.25, 0.3) is 0 Å². The number of nitrogens with one attached hydrogen (secondary N) is 3. The van der Waals surface area contributed by atoms with Crippen LogP contribution in [0, 0.1) is 12.3 Å². The van der Waals surface area contributed by atoms with E-state index in [4.69, 9.17) is 6.42 Å². The van der Waals surface area contributed by atoms with E-state index in [-0.39, 0.29) is 36.4 Å². The molecule has 2 aromatic rings. The van der Waals surface area contributed by atoms with Crippen LogP contribution >= 0.6 is 24.0 Å². The lowest BCUT2D eigenvalue weighted by Gasteiger charge is -2.12. The summed E-state index contributed by atoms with van der Waals surface area (Å²) in [5.74, 6) is 2.96. The van der Waals surface area contributed by atoms with Crippen LogP contribution in [0.4, 0.5) is 5.69 Å². The number of terminal acetylenes is 1. The summed E-state index contributed by atoms with van der Waals surface area (Å²) < 4.78 is 2.07. The topological polar surface area (TPSA) is 70.4 Å². The predicted octanol–water partition coefficient (Wildman–Crippen LogP) is 2.28. The zero-order valence-corrected chi connectivity index (χ0v) is 17.1. The normalized spacial score (nSPS) is 10.4. The van der Waals surface area contributed by atoms with E-state index in [1.54, 1.807) is 18.2 Å². The molecule has 6 nitrogen and oxygen atoms in total. The second-order valence-electron chi connectivity index (χ2n) is 5.32. The number of benzene rings is 1. The Bertz CT molecular complexity index is 750.